The molecule has 0 radical (unpaired) electrons. The fourth-order valence-corrected chi connectivity index (χ4v) is 2.56. The number of nitrogens with one attached hydrogen (secondary N) is 2. The minimum Gasteiger partial charge on any atom is -0.326 e. The van der Waals surface area contributed by atoms with E-state index in [9.17, 15) is 19.7 Å². The van der Waals surface area contributed by atoms with Crippen LogP contribution in [0.2, 0.25) is 0 Å². The highest BCUT2D eigenvalue weighted by Crippen LogP contribution is 2.38. The average molecular weight is 339 g/mol. The SMILES string of the molecule is C[C@@H]1C[C@@H]1C(=O)Nc1cccc(C(=O)Nc2cccc([N+](=O)[O-])c2)c1. The maximum atomic E-state index is 12.3. The van der Waals surface area contributed by atoms with E-state index in [4.69, 9.17) is 0 Å². The fourth-order valence-electron chi connectivity index (χ4n) is 2.56. The number of hydrogen-bond acceptors (Lipinski definition) is 4. The van der Waals surface area contributed by atoms with Crippen LogP contribution in [0.3, 0.4) is 0 Å². The Morgan fingerprint density at radius 3 is 2.36 bits per heavy atom. The minimum absolute atomic E-state index is 0.0382. The zero-order valence-corrected chi connectivity index (χ0v) is 13.6. The number of nitro groups is 1. The highest BCUT2D eigenvalue weighted by Gasteiger charge is 2.39. The summed E-state index contributed by atoms with van der Waals surface area (Å²) >= 11 is 0. The van der Waals surface area contributed by atoms with E-state index in [0.717, 1.165) is 6.42 Å². The van der Waals surface area contributed by atoms with Crippen LogP contribution in [0, 0.1) is 22.0 Å². The Kier molecular flexibility index (Phi) is 4.47. The zero-order chi connectivity index (χ0) is 18.0. The average Bonchev–Trinajstić information content (AvgIpc) is 3.32. The minimum atomic E-state index is -0.523. The van der Waals surface area contributed by atoms with Crippen LogP contribution in [0.5, 0.6) is 0 Å². The van der Waals surface area contributed by atoms with Crippen LogP contribution in [-0.2, 0) is 4.79 Å². The summed E-state index contributed by atoms with van der Waals surface area (Å²) in [5.41, 5.74) is 1.14. The summed E-state index contributed by atoms with van der Waals surface area (Å²) in [6.07, 6.45) is 0.888. The summed E-state index contributed by atoms with van der Waals surface area (Å²) in [6.45, 7) is 2.02. The van der Waals surface area contributed by atoms with Crippen molar-refractivity contribution in [2.45, 2.75) is 13.3 Å². The van der Waals surface area contributed by atoms with Crippen molar-refractivity contribution in [2.75, 3.05) is 10.6 Å². The van der Waals surface area contributed by atoms with E-state index < -0.39 is 10.8 Å². The molecule has 0 aliphatic heterocycles. The van der Waals surface area contributed by atoms with Gasteiger partial charge in [0.1, 0.15) is 0 Å². The second-order valence-corrected chi connectivity index (χ2v) is 6.15. The molecule has 0 unspecified atom stereocenters. The van der Waals surface area contributed by atoms with Gasteiger partial charge >= 0.3 is 0 Å². The van der Waals surface area contributed by atoms with Crippen molar-refractivity contribution < 1.29 is 14.5 Å². The molecule has 1 fully saturated rings. The molecule has 0 heterocycles. The molecule has 0 bridgehead atoms. The van der Waals surface area contributed by atoms with Crippen LogP contribution in [0.25, 0.3) is 0 Å². The van der Waals surface area contributed by atoms with Gasteiger partial charge in [0.15, 0.2) is 0 Å². The van der Waals surface area contributed by atoms with Crippen LogP contribution < -0.4 is 10.6 Å². The van der Waals surface area contributed by atoms with Crippen molar-refractivity contribution in [1.29, 1.82) is 0 Å². The standard InChI is InChI=1S/C18H17N3O4/c1-11-8-16(11)18(23)20-13-5-2-4-12(9-13)17(22)19-14-6-3-7-15(10-14)21(24)25/h2-7,9-11,16H,8H2,1H3,(H,19,22)(H,20,23)/t11-,16+/m1/s1. The summed E-state index contributed by atoms with van der Waals surface area (Å²) in [5, 5.41) is 16.2. The molecular weight excluding hydrogens is 322 g/mol. The lowest BCUT2D eigenvalue weighted by Gasteiger charge is -2.08. The summed E-state index contributed by atoms with van der Waals surface area (Å²) in [4.78, 5) is 34.6. The largest absolute Gasteiger partial charge is 0.326 e. The van der Waals surface area contributed by atoms with Crippen molar-refractivity contribution >= 4 is 28.9 Å². The molecule has 7 nitrogen and oxygen atoms in total. The van der Waals surface area contributed by atoms with Gasteiger partial charge < -0.3 is 10.6 Å². The Hall–Kier alpha value is -3.22. The Labute approximate surface area is 144 Å². The normalized spacial score (nSPS) is 18.3. The van der Waals surface area contributed by atoms with E-state index in [-0.39, 0.29) is 17.5 Å². The molecule has 0 aromatic heterocycles. The summed E-state index contributed by atoms with van der Waals surface area (Å²) in [7, 11) is 0. The molecule has 1 saturated carbocycles. The van der Waals surface area contributed by atoms with Gasteiger partial charge in [0.25, 0.3) is 11.6 Å². The molecule has 1 aliphatic rings. The number of nitro benzene ring substituents is 1. The van der Waals surface area contributed by atoms with Gasteiger partial charge in [0, 0.05) is 35.0 Å². The summed E-state index contributed by atoms with van der Waals surface area (Å²) in [6, 6.07) is 12.3. The molecule has 2 aromatic rings. The highest BCUT2D eigenvalue weighted by atomic mass is 16.6. The zero-order valence-electron chi connectivity index (χ0n) is 13.6. The fraction of sp³-hybridized carbons (Fsp3) is 0.222. The van der Waals surface area contributed by atoms with Crippen molar-refractivity contribution in [1.82, 2.24) is 0 Å². The van der Waals surface area contributed by atoms with E-state index in [0.29, 0.717) is 22.9 Å². The second-order valence-electron chi connectivity index (χ2n) is 6.15. The Morgan fingerprint density at radius 2 is 1.72 bits per heavy atom. The maximum absolute atomic E-state index is 12.3. The molecule has 1 aliphatic carbocycles. The van der Waals surface area contributed by atoms with Crippen LogP contribution in [0.1, 0.15) is 23.7 Å². The number of hydrogen-bond donors (Lipinski definition) is 2. The third-order valence-corrected chi connectivity index (χ3v) is 4.15. The first-order valence-corrected chi connectivity index (χ1v) is 7.91. The number of amides is 2. The smallest absolute Gasteiger partial charge is 0.271 e. The number of nitrogens with zero attached hydrogens (tertiary/aromatic N) is 1. The van der Waals surface area contributed by atoms with Crippen LogP contribution in [-0.4, -0.2) is 16.7 Å². The van der Waals surface area contributed by atoms with Gasteiger partial charge in [-0.3, -0.25) is 19.7 Å². The molecule has 2 N–H and O–H groups in total. The van der Waals surface area contributed by atoms with E-state index >= 15 is 0 Å². The van der Waals surface area contributed by atoms with Gasteiger partial charge in [-0.15, -0.1) is 0 Å². The molecule has 3 rings (SSSR count). The molecule has 2 atom stereocenters. The summed E-state index contributed by atoms with van der Waals surface area (Å²) < 4.78 is 0. The van der Waals surface area contributed by atoms with Gasteiger partial charge in [-0.2, -0.15) is 0 Å². The Balaban J connectivity index is 1.70. The number of benzene rings is 2. The molecule has 0 saturated heterocycles. The molecule has 0 spiro atoms. The number of carbonyl (C=O) groups excluding carboxylic acids is 2. The predicted octanol–water partition coefficient (Wildman–Crippen LogP) is 3.44. The third kappa shape index (κ3) is 4.00. The second kappa shape index (κ2) is 6.72. The lowest BCUT2D eigenvalue weighted by molar-refractivity contribution is -0.384. The first-order chi connectivity index (χ1) is 11.9. The molecule has 128 valence electrons. The lowest BCUT2D eigenvalue weighted by atomic mass is 10.1. The van der Waals surface area contributed by atoms with E-state index in [1.54, 1.807) is 30.3 Å². The molecule has 25 heavy (non-hydrogen) atoms. The van der Waals surface area contributed by atoms with Crippen molar-refractivity contribution in [3.8, 4) is 0 Å². The number of carbonyl (C=O) groups is 2. The Morgan fingerprint density at radius 1 is 1.08 bits per heavy atom. The lowest BCUT2D eigenvalue weighted by Crippen LogP contribution is -2.16. The first kappa shape index (κ1) is 16.6. The molecular formula is C18H17N3O4. The quantitative estimate of drug-likeness (QED) is 0.643. The van der Waals surface area contributed by atoms with E-state index in [1.165, 1.54) is 18.2 Å². The monoisotopic (exact) mass is 339 g/mol. The number of anilines is 2. The topological polar surface area (TPSA) is 101 Å². The molecule has 2 amide bonds. The summed E-state index contributed by atoms with van der Waals surface area (Å²) in [5.74, 6) is 0.00262. The number of non-ortho nitro benzene ring substituents is 1. The van der Waals surface area contributed by atoms with Crippen LogP contribution in [0.15, 0.2) is 48.5 Å². The van der Waals surface area contributed by atoms with E-state index in [1.807, 2.05) is 6.92 Å². The number of rotatable bonds is 5. The van der Waals surface area contributed by atoms with E-state index in [2.05, 4.69) is 10.6 Å². The van der Waals surface area contributed by atoms with Crippen molar-refractivity contribution in [3.63, 3.8) is 0 Å². The van der Waals surface area contributed by atoms with Gasteiger partial charge in [-0.1, -0.05) is 19.1 Å². The van der Waals surface area contributed by atoms with Crippen molar-refractivity contribution in [2.24, 2.45) is 11.8 Å². The van der Waals surface area contributed by atoms with Gasteiger partial charge in [-0.05, 0) is 36.6 Å². The van der Waals surface area contributed by atoms with Gasteiger partial charge in [0.05, 0.1) is 4.92 Å². The van der Waals surface area contributed by atoms with Gasteiger partial charge in [-0.25, -0.2) is 0 Å². The molecule has 7 heteroatoms. The first-order valence-electron chi connectivity index (χ1n) is 7.91. The maximum Gasteiger partial charge on any atom is 0.271 e. The van der Waals surface area contributed by atoms with Crippen molar-refractivity contribution in [3.05, 3.63) is 64.2 Å². The third-order valence-electron chi connectivity index (χ3n) is 4.15. The molecule has 2 aromatic carbocycles. The predicted molar refractivity (Wildman–Crippen MR) is 93.4 cm³/mol. The van der Waals surface area contributed by atoms with Crippen LogP contribution in [0.4, 0.5) is 17.1 Å². The van der Waals surface area contributed by atoms with Gasteiger partial charge in [0.2, 0.25) is 5.91 Å². The Bertz CT molecular complexity index is 850. The highest BCUT2D eigenvalue weighted by molar-refractivity contribution is 6.05. The van der Waals surface area contributed by atoms with Crippen LogP contribution >= 0.6 is 0 Å².